The van der Waals surface area contributed by atoms with Crippen molar-refractivity contribution in [1.82, 2.24) is 10.6 Å². The Bertz CT molecular complexity index is 256. The van der Waals surface area contributed by atoms with Gasteiger partial charge in [-0.1, -0.05) is 0 Å². The van der Waals surface area contributed by atoms with Crippen LogP contribution >= 0.6 is 0 Å². The fraction of sp³-hybridized carbons (Fsp3) is 0.917. The third-order valence-electron chi connectivity index (χ3n) is 3.60. The number of aliphatic hydroxyl groups is 1. The number of carbonyl (C=O) groups excluding carboxylic acids is 1. The molecule has 0 spiro atoms. The summed E-state index contributed by atoms with van der Waals surface area (Å²) in [6.45, 7) is 8.12. The van der Waals surface area contributed by atoms with Crippen molar-refractivity contribution in [1.29, 1.82) is 0 Å². The van der Waals surface area contributed by atoms with Crippen molar-refractivity contribution < 1.29 is 9.90 Å². The summed E-state index contributed by atoms with van der Waals surface area (Å²) in [5, 5.41) is 16.2. The van der Waals surface area contributed by atoms with Gasteiger partial charge in [0.25, 0.3) is 0 Å². The van der Waals surface area contributed by atoms with Gasteiger partial charge in [0, 0.05) is 12.1 Å². The van der Waals surface area contributed by atoms with Gasteiger partial charge in [0.1, 0.15) is 0 Å². The third-order valence-corrected chi connectivity index (χ3v) is 3.60. The van der Waals surface area contributed by atoms with E-state index in [-0.39, 0.29) is 11.9 Å². The summed E-state index contributed by atoms with van der Waals surface area (Å²) in [6.07, 6.45) is 2.91. The molecule has 94 valence electrons. The number of hydrogen-bond donors (Lipinski definition) is 3. The Hall–Kier alpha value is -0.610. The Morgan fingerprint density at radius 2 is 1.94 bits per heavy atom. The smallest absolute Gasteiger partial charge is 0.237 e. The predicted molar refractivity (Wildman–Crippen MR) is 64.2 cm³/mol. The minimum absolute atomic E-state index is 0.0508. The minimum atomic E-state index is -0.862. The van der Waals surface area contributed by atoms with Gasteiger partial charge in [-0.25, -0.2) is 0 Å². The molecule has 1 rings (SSSR count). The van der Waals surface area contributed by atoms with Crippen molar-refractivity contribution in [3.63, 3.8) is 0 Å². The Kier molecular flexibility index (Phi) is 3.97. The molecule has 0 bridgehead atoms. The van der Waals surface area contributed by atoms with Crippen LogP contribution in [0.2, 0.25) is 0 Å². The van der Waals surface area contributed by atoms with Crippen molar-refractivity contribution >= 4 is 5.91 Å². The van der Waals surface area contributed by atoms with Crippen LogP contribution in [-0.4, -0.2) is 34.7 Å². The van der Waals surface area contributed by atoms with Crippen LogP contribution in [-0.2, 0) is 4.79 Å². The van der Waals surface area contributed by atoms with Gasteiger partial charge < -0.3 is 10.4 Å². The van der Waals surface area contributed by atoms with Crippen LogP contribution in [0.15, 0.2) is 0 Å². The molecule has 4 nitrogen and oxygen atoms in total. The van der Waals surface area contributed by atoms with E-state index in [0.717, 1.165) is 25.8 Å². The lowest BCUT2D eigenvalue weighted by molar-refractivity contribution is -0.124. The fourth-order valence-corrected chi connectivity index (χ4v) is 1.69. The van der Waals surface area contributed by atoms with Crippen molar-refractivity contribution in [2.45, 2.75) is 64.1 Å². The minimum Gasteiger partial charge on any atom is -0.389 e. The van der Waals surface area contributed by atoms with Crippen molar-refractivity contribution in [2.24, 2.45) is 0 Å². The standard InChI is InChI=1S/C12H24N2O2/c1-11(2,12(3,4)16)14-9-7-5-6-8-13-10(9)15/h9,14,16H,5-8H2,1-4H3,(H,13,15). The highest BCUT2D eigenvalue weighted by atomic mass is 16.3. The first-order chi connectivity index (χ1) is 7.24. The summed E-state index contributed by atoms with van der Waals surface area (Å²) in [6, 6.07) is -0.191. The average molecular weight is 228 g/mol. The van der Waals surface area contributed by atoms with Gasteiger partial charge in [0.15, 0.2) is 0 Å². The Balaban J connectivity index is 2.67. The molecule has 1 aliphatic rings. The van der Waals surface area contributed by atoms with Crippen LogP contribution in [0, 0.1) is 0 Å². The average Bonchev–Trinajstić information content (AvgIpc) is 2.30. The lowest BCUT2D eigenvalue weighted by atomic mass is 9.85. The predicted octanol–water partition coefficient (Wildman–Crippen LogP) is 0.794. The van der Waals surface area contributed by atoms with Crippen molar-refractivity contribution in [3.05, 3.63) is 0 Å². The number of hydrogen-bond acceptors (Lipinski definition) is 3. The molecular formula is C12H24N2O2. The molecule has 0 saturated carbocycles. The largest absolute Gasteiger partial charge is 0.389 e. The lowest BCUT2D eigenvalue weighted by Crippen LogP contribution is -2.61. The molecule has 3 N–H and O–H groups in total. The molecule has 0 aliphatic carbocycles. The van der Waals surface area contributed by atoms with Gasteiger partial charge in [-0.3, -0.25) is 10.1 Å². The summed E-state index contributed by atoms with van der Waals surface area (Å²) in [5.74, 6) is 0.0508. The summed E-state index contributed by atoms with van der Waals surface area (Å²) in [7, 11) is 0. The second kappa shape index (κ2) is 4.72. The normalized spacial score (nSPS) is 23.8. The van der Waals surface area contributed by atoms with Crippen LogP contribution in [0.5, 0.6) is 0 Å². The van der Waals surface area contributed by atoms with Crippen molar-refractivity contribution in [2.75, 3.05) is 6.54 Å². The molecule has 0 aromatic rings. The van der Waals surface area contributed by atoms with Crippen LogP contribution in [0.3, 0.4) is 0 Å². The van der Waals surface area contributed by atoms with E-state index in [1.807, 2.05) is 13.8 Å². The zero-order chi connectivity index (χ0) is 12.4. The zero-order valence-electron chi connectivity index (χ0n) is 10.8. The first kappa shape index (κ1) is 13.5. The zero-order valence-corrected chi connectivity index (χ0v) is 10.8. The first-order valence-corrected chi connectivity index (χ1v) is 6.02. The highest BCUT2D eigenvalue weighted by molar-refractivity contribution is 5.82. The van der Waals surface area contributed by atoms with E-state index >= 15 is 0 Å². The topological polar surface area (TPSA) is 61.4 Å². The van der Waals surface area contributed by atoms with E-state index in [0.29, 0.717) is 0 Å². The summed E-state index contributed by atoms with van der Waals surface area (Å²) in [4.78, 5) is 11.8. The maximum absolute atomic E-state index is 11.8. The molecule has 1 unspecified atom stereocenters. The molecule has 0 aromatic carbocycles. The molecule has 1 aliphatic heterocycles. The maximum Gasteiger partial charge on any atom is 0.237 e. The Labute approximate surface area is 97.8 Å². The number of amides is 1. The quantitative estimate of drug-likeness (QED) is 0.669. The number of carbonyl (C=O) groups is 1. The molecule has 1 fully saturated rings. The lowest BCUT2D eigenvalue weighted by Gasteiger charge is -2.40. The van der Waals surface area contributed by atoms with E-state index in [2.05, 4.69) is 10.6 Å². The highest BCUT2D eigenvalue weighted by Gasteiger charge is 2.38. The summed E-state index contributed by atoms with van der Waals surface area (Å²) >= 11 is 0. The van der Waals surface area contributed by atoms with Gasteiger partial charge in [-0.15, -0.1) is 0 Å². The molecule has 1 amide bonds. The molecule has 1 saturated heterocycles. The second-order valence-electron chi connectivity index (χ2n) is 5.67. The maximum atomic E-state index is 11.8. The van der Waals surface area contributed by atoms with E-state index in [4.69, 9.17) is 0 Å². The van der Waals surface area contributed by atoms with Crippen LogP contribution in [0.25, 0.3) is 0 Å². The van der Waals surface area contributed by atoms with Crippen LogP contribution in [0.4, 0.5) is 0 Å². The van der Waals surface area contributed by atoms with E-state index in [1.54, 1.807) is 13.8 Å². The molecule has 0 radical (unpaired) electrons. The van der Waals surface area contributed by atoms with E-state index < -0.39 is 11.1 Å². The monoisotopic (exact) mass is 228 g/mol. The van der Waals surface area contributed by atoms with Crippen LogP contribution < -0.4 is 10.6 Å². The van der Waals surface area contributed by atoms with Gasteiger partial charge in [0.2, 0.25) is 5.91 Å². The second-order valence-corrected chi connectivity index (χ2v) is 5.67. The molecule has 1 atom stereocenters. The highest BCUT2D eigenvalue weighted by Crippen LogP contribution is 2.22. The third kappa shape index (κ3) is 3.19. The summed E-state index contributed by atoms with van der Waals surface area (Å²) in [5.41, 5.74) is -1.35. The SMILES string of the molecule is CC(C)(O)C(C)(C)NC1CCCCNC1=O. The van der Waals surface area contributed by atoms with Crippen LogP contribution in [0.1, 0.15) is 47.0 Å². The molecular weight excluding hydrogens is 204 g/mol. The summed E-state index contributed by atoms with van der Waals surface area (Å²) < 4.78 is 0. The van der Waals surface area contributed by atoms with Gasteiger partial charge >= 0.3 is 0 Å². The van der Waals surface area contributed by atoms with Gasteiger partial charge in [-0.2, -0.15) is 0 Å². The molecule has 16 heavy (non-hydrogen) atoms. The van der Waals surface area contributed by atoms with E-state index in [9.17, 15) is 9.90 Å². The molecule has 1 heterocycles. The molecule has 4 heteroatoms. The number of rotatable bonds is 3. The van der Waals surface area contributed by atoms with E-state index in [1.165, 1.54) is 0 Å². The Morgan fingerprint density at radius 1 is 1.31 bits per heavy atom. The van der Waals surface area contributed by atoms with Gasteiger partial charge in [0.05, 0.1) is 11.6 Å². The number of nitrogens with one attached hydrogen (secondary N) is 2. The first-order valence-electron chi connectivity index (χ1n) is 6.02. The Morgan fingerprint density at radius 3 is 2.50 bits per heavy atom. The van der Waals surface area contributed by atoms with Crippen molar-refractivity contribution in [3.8, 4) is 0 Å². The molecule has 0 aromatic heterocycles. The fourth-order valence-electron chi connectivity index (χ4n) is 1.69. The van der Waals surface area contributed by atoms with Gasteiger partial charge in [-0.05, 0) is 47.0 Å².